The Morgan fingerprint density at radius 2 is 2.06 bits per heavy atom. The molecule has 0 spiro atoms. The van der Waals surface area contributed by atoms with E-state index in [0.717, 1.165) is 12.8 Å². The van der Waals surface area contributed by atoms with Gasteiger partial charge in [-0.15, -0.1) is 0 Å². The van der Waals surface area contributed by atoms with Crippen molar-refractivity contribution in [1.29, 1.82) is 0 Å². The zero-order valence-corrected chi connectivity index (χ0v) is 11.4. The Balaban J connectivity index is 2.25. The van der Waals surface area contributed by atoms with Gasteiger partial charge in [-0.25, -0.2) is 0 Å². The number of methoxy groups -OCH3 is 1. The van der Waals surface area contributed by atoms with Crippen molar-refractivity contribution in [3.8, 4) is 0 Å². The second kappa shape index (κ2) is 9.30. The Hall–Kier alpha value is -0.650. The van der Waals surface area contributed by atoms with Crippen molar-refractivity contribution in [1.82, 2.24) is 10.2 Å². The van der Waals surface area contributed by atoms with Gasteiger partial charge < -0.3 is 15.2 Å². The summed E-state index contributed by atoms with van der Waals surface area (Å²) in [4.78, 5) is 13.8. The molecular formula is C13H26N2O3. The molecule has 1 amide bonds. The third kappa shape index (κ3) is 6.33. The highest BCUT2D eigenvalue weighted by Gasteiger charge is 2.17. The predicted molar refractivity (Wildman–Crippen MR) is 70.4 cm³/mol. The van der Waals surface area contributed by atoms with E-state index in [2.05, 4.69) is 5.32 Å². The fourth-order valence-corrected chi connectivity index (χ4v) is 2.36. The van der Waals surface area contributed by atoms with Gasteiger partial charge in [0.15, 0.2) is 0 Å². The number of carbonyl (C=O) groups is 1. The summed E-state index contributed by atoms with van der Waals surface area (Å²) < 4.78 is 5.00. The molecule has 0 bridgehead atoms. The number of ether oxygens (including phenoxy) is 1. The molecule has 5 nitrogen and oxygen atoms in total. The number of hydrogen-bond acceptors (Lipinski definition) is 4. The topological polar surface area (TPSA) is 61.8 Å². The lowest BCUT2D eigenvalue weighted by atomic mass is 9.95. The van der Waals surface area contributed by atoms with E-state index >= 15 is 0 Å². The molecule has 1 saturated carbocycles. The van der Waals surface area contributed by atoms with Gasteiger partial charge in [-0.05, 0) is 12.8 Å². The molecule has 0 radical (unpaired) electrons. The smallest absolute Gasteiger partial charge is 0.234 e. The molecule has 1 rings (SSSR count). The van der Waals surface area contributed by atoms with Crippen LogP contribution in [0.25, 0.3) is 0 Å². The van der Waals surface area contributed by atoms with E-state index in [1.165, 1.54) is 19.3 Å². The highest BCUT2D eigenvalue weighted by atomic mass is 16.5. The minimum absolute atomic E-state index is 0.0615. The maximum atomic E-state index is 11.9. The van der Waals surface area contributed by atoms with Gasteiger partial charge in [-0.1, -0.05) is 19.3 Å². The van der Waals surface area contributed by atoms with Crippen molar-refractivity contribution in [2.75, 3.05) is 40.0 Å². The van der Waals surface area contributed by atoms with Crippen LogP contribution in [0.1, 0.15) is 32.1 Å². The second-order valence-electron chi connectivity index (χ2n) is 4.90. The molecule has 1 aliphatic rings. The monoisotopic (exact) mass is 258 g/mol. The fraction of sp³-hybridized carbons (Fsp3) is 0.923. The molecular weight excluding hydrogens is 232 g/mol. The normalized spacial score (nSPS) is 17.1. The van der Waals surface area contributed by atoms with E-state index in [1.807, 2.05) is 4.90 Å². The van der Waals surface area contributed by atoms with Crippen molar-refractivity contribution < 1.29 is 14.6 Å². The third-order valence-corrected chi connectivity index (χ3v) is 3.37. The van der Waals surface area contributed by atoms with Crippen LogP contribution in [-0.2, 0) is 9.53 Å². The van der Waals surface area contributed by atoms with Crippen LogP contribution in [0.3, 0.4) is 0 Å². The number of aliphatic hydroxyl groups is 1. The average molecular weight is 258 g/mol. The minimum Gasteiger partial charge on any atom is -0.395 e. The van der Waals surface area contributed by atoms with Gasteiger partial charge in [0.05, 0.1) is 19.8 Å². The van der Waals surface area contributed by atoms with Crippen LogP contribution in [0.2, 0.25) is 0 Å². The van der Waals surface area contributed by atoms with Crippen molar-refractivity contribution in [2.45, 2.75) is 38.1 Å². The zero-order valence-electron chi connectivity index (χ0n) is 11.4. The van der Waals surface area contributed by atoms with E-state index in [-0.39, 0.29) is 12.5 Å². The standard InChI is InChI=1S/C13H26N2O3/c1-18-10-8-15(7-9-16)11-13(17)14-12-5-3-2-4-6-12/h12,16H,2-11H2,1H3,(H,14,17). The molecule has 106 valence electrons. The Morgan fingerprint density at radius 1 is 1.33 bits per heavy atom. The summed E-state index contributed by atoms with van der Waals surface area (Å²) in [6.45, 7) is 2.19. The van der Waals surface area contributed by atoms with Crippen LogP contribution >= 0.6 is 0 Å². The lowest BCUT2D eigenvalue weighted by Gasteiger charge is -2.25. The molecule has 1 fully saturated rings. The van der Waals surface area contributed by atoms with Crippen LogP contribution in [0, 0.1) is 0 Å². The molecule has 0 unspecified atom stereocenters. The SMILES string of the molecule is COCCN(CCO)CC(=O)NC1CCCCC1. The van der Waals surface area contributed by atoms with Crippen molar-refractivity contribution >= 4 is 5.91 Å². The molecule has 1 aliphatic carbocycles. The van der Waals surface area contributed by atoms with Crippen molar-refractivity contribution in [2.24, 2.45) is 0 Å². The molecule has 18 heavy (non-hydrogen) atoms. The van der Waals surface area contributed by atoms with Crippen LogP contribution in [0.15, 0.2) is 0 Å². The summed E-state index contributed by atoms with van der Waals surface area (Å²) in [6, 6.07) is 0.352. The van der Waals surface area contributed by atoms with E-state index in [0.29, 0.717) is 32.3 Å². The number of carbonyl (C=O) groups excluding carboxylic acids is 1. The first-order chi connectivity index (χ1) is 8.76. The third-order valence-electron chi connectivity index (χ3n) is 3.37. The second-order valence-corrected chi connectivity index (χ2v) is 4.90. The molecule has 5 heteroatoms. The number of aliphatic hydroxyl groups excluding tert-OH is 1. The lowest BCUT2D eigenvalue weighted by Crippen LogP contribution is -2.44. The van der Waals surface area contributed by atoms with E-state index < -0.39 is 0 Å². The molecule has 0 saturated heterocycles. The summed E-state index contributed by atoms with van der Waals surface area (Å²) in [5.74, 6) is 0.0615. The summed E-state index contributed by atoms with van der Waals surface area (Å²) >= 11 is 0. The lowest BCUT2D eigenvalue weighted by molar-refractivity contribution is -0.123. The highest BCUT2D eigenvalue weighted by molar-refractivity contribution is 5.78. The average Bonchev–Trinajstić information content (AvgIpc) is 2.37. The summed E-state index contributed by atoms with van der Waals surface area (Å²) in [6.07, 6.45) is 5.93. The number of hydrogen-bond donors (Lipinski definition) is 2. The number of nitrogens with zero attached hydrogens (tertiary/aromatic N) is 1. The molecule has 0 aromatic heterocycles. The van der Waals surface area contributed by atoms with E-state index in [1.54, 1.807) is 7.11 Å². The first kappa shape index (κ1) is 15.4. The number of rotatable bonds is 8. The van der Waals surface area contributed by atoms with Gasteiger partial charge in [0.2, 0.25) is 5.91 Å². The Morgan fingerprint density at radius 3 is 2.67 bits per heavy atom. The first-order valence-corrected chi connectivity index (χ1v) is 6.87. The summed E-state index contributed by atoms with van der Waals surface area (Å²) in [7, 11) is 1.64. The van der Waals surface area contributed by atoms with Crippen LogP contribution in [0.4, 0.5) is 0 Å². The first-order valence-electron chi connectivity index (χ1n) is 6.87. The maximum absolute atomic E-state index is 11.9. The van der Waals surface area contributed by atoms with Gasteiger partial charge in [0, 0.05) is 26.2 Å². The minimum atomic E-state index is 0.0615. The van der Waals surface area contributed by atoms with Crippen LogP contribution in [0.5, 0.6) is 0 Å². The highest BCUT2D eigenvalue weighted by Crippen LogP contribution is 2.17. The van der Waals surface area contributed by atoms with E-state index in [9.17, 15) is 4.79 Å². The largest absolute Gasteiger partial charge is 0.395 e. The summed E-state index contributed by atoms with van der Waals surface area (Å²) in [5, 5.41) is 12.0. The van der Waals surface area contributed by atoms with Gasteiger partial charge in [-0.3, -0.25) is 9.69 Å². The number of amides is 1. The van der Waals surface area contributed by atoms with Gasteiger partial charge >= 0.3 is 0 Å². The van der Waals surface area contributed by atoms with Crippen molar-refractivity contribution in [3.63, 3.8) is 0 Å². The van der Waals surface area contributed by atoms with Crippen LogP contribution in [-0.4, -0.2) is 61.9 Å². The Labute approximate surface area is 109 Å². The van der Waals surface area contributed by atoms with Gasteiger partial charge in [0.1, 0.15) is 0 Å². The Bertz CT molecular complexity index is 230. The quantitative estimate of drug-likeness (QED) is 0.660. The van der Waals surface area contributed by atoms with Gasteiger partial charge in [0.25, 0.3) is 0 Å². The zero-order chi connectivity index (χ0) is 13.2. The molecule has 0 aromatic rings. The Kier molecular flexibility index (Phi) is 7.96. The van der Waals surface area contributed by atoms with E-state index in [4.69, 9.17) is 9.84 Å². The maximum Gasteiger partial charge on any atom is 0.234 e. The fourth-order valence-electron chi connectivity index (χ4n) is 2.36. The van der Waals surface area contributed by atoms with Crippen LogP contribution < -0.4 is 5.32 Å². The van der Waals surface area contributed by atoms with Crippen molar-refractivity contribution in [3.05, 3.63) is 0 Å². The predicted octanol–water partition coefficient (Wildman–Crippen LogP) is 0.376. The molecule has 0 atom stereocenters. The molecule has 0 aromatic carbocycles. The molecule has 0 aliphatic heterocycles. The molecule has 0 heterocycles. The number of nitrogens with one attached hydrogen (secondary N) is 1. The van der Waals surface area contributed by atoms with Gasteiger partial charge in [-0.2, -0.15) is 0 Å². The summed E-state index contributed by atoms with van der Waals surface area (Å²) in [5.41, 5.74) is 0. The molecule has 2 N–H and O–H groups in total.